The molecule has 1 aliphatic rings. The summed E-state index contributed by atoms with van der Waals surface area (Å²) in [6.45, 7) is 0.863. The highest BCUT2D eigenvalue weighted by Gasteiger charge is 2.32. The molecule has 0 heterocycles. The number of sulfone groups is 1. The second kappa shape index (κ2) is 6.78. The molecule has 1 aromatic carbocycles. The van der Waals surface area contributed by atoms with Crippen LogP contribution < -0.4 is 0 Å². The fourth-order valence-corrected chi connectivity index (χ4v) is 4.31. The Hall–Kier alpha value is -1.42. The predicted octanol–water partition coefficient (Wildman–Crippen LogP) is 1.57. The van der Waals surface area contributed by atoms with Crippen molar-refractivity contribution < 1.29 is 13.5 Å². The summed E-state index contributed by atoms with van der Waals surface area (Å²) in [5.41, 5.74) is -0.325. The quantitative estimate of drug-likeness (QED) is 0.860. The summed E-state index contributed by atoms with van der Waals surface area (Å²) in [4.78, 5) is 2.05. The number of likely N-dealkylation sites (N-methyl/N-ethyl adjacent to an activating group) is 1. The lowest BCUT2D eigenvalue weighted by atomic mass is 10.0. The number of aliphatic hydroxyl groups is 1. The van der Waals surface area contributed by atoms with E-state index in [0.29, 0.717) is 18.7 Å². The Morgan fingerprint density at radius 3 is 2.68 bits per heavy atom. The maximum atomic E-state index is 12.3. The smallest absolute Gasteiger partial charge is 0.179 e. The molecule has 120 valence electrons. The van der Waals surface area contributed by atoms with Gasteiger partial charge in [0.1, 0.15) is 0 Å². The van der Waals surface area contributed by atoms with Gasteiger partial charge in [-0.3, -0.25) is 0 Å². The Morgan fingerprint density at radius 2 is 2.05 bits per heavy atom. The molecule has 0 amide bonds. The number of hydrogen-bond acceptors (Lipinski definition) is 5. The highest BCUT2D eigenvalue weighted by molar-refractivity contribution is 7.91. The lowest BCUT2D eigenvalue weighted by molar-refractivity contribution is 0.0178. The third-order valence-electron chi connectivity index (χ3n) is 4.16. The van der Waals surface area contributed by atoms with Gasteiger partial charge in [-0.15, -0.1) is 0 Å². The van der Waals surface area contributed by atoms with Gasteiger partial charge in [0.15, 0.2) is 9.84 Å². The fraction of sp³-hybridized carbons (Fsp3) is 0.562. The molecule has 0 spiro atoms. The van der Waals surface area contributed by atoms with Crippen molar-refractivity contribution in [1.29, 1.82) is 5.26 Å². The van der Waals surface area contributed by atoms with Crippen molar-refractivity contribution >= 4 is 9.84 Å². The van der Waals surface area contributed by atoms with Gasteiger partial charge in [-0.1, -0.05) is 18.9 Å². The van der Waals surface area contributed by atoms with Crippen molar-refractivity contribution in [3.63, 3.8) is 0 Å². The molecule has 0 bridgehead atoms. The molecule has 0 aromatic heterocycles. The van der Waals surface area contributed by atoms with Gasteiger partial charge in [-0.25, -0.2) is 8.42 Å². The third kappa shape index (κ3) is 4.29. The van der Waals surface area contributed by atoms with E-state index < -0.39 is 15.4 Å². The fourth-order valence-electron chi connectivity index (χ4n) is 2.93. The number of rotatable bonds is 6. The van der Waals surface area contributed by atoms with E-state index in [-0.39, 0.29) is 10.6 Å². The van der Waals surface area contributed by atoms with Crippen LogP contribution in [0.5, 0.6) is 0 Å². The van der Waals surface area contributed by atoms with Crippen LogP contribution in [0.2, 0.25) is 0 Å². The predicted molar refractivity (Wildman–Crippen MR) is 84.1 cm³/mol. The molecule has 2 rings (SSSR count). The number of hydrogen-bond donors (Lipinski definition) is 1. The van der Waals surface area contributed by atoms with Gasteiger partial charge < -0.3 is 10.0 Å². The van der Waals surface area contributed by atoms with E-state index in [2.05, 4.69) is 0 Å². The van der Waals surface area contributed by atoms with E-state index in [9.17, 15) is 13.5 Å². The average Bonchev–Trinajstić information content (AvgIpc) is 2.91. The summed E-state index contributed by atoms with van der Waals surface area (Å²) < 4.78 is 24.6. The lowest BCUT2D eigenvalue weighted by Gasteiger charge is -2.28. The molecule has 0 aliphatic heterocycles. The second-order valence-corrected chi connectivity index (χ2v) is 8.24. The van der Waals surface area contributed by atoms with Gasteiger partial charge in [0.05, 0.1) is 27.9 Å². The summed E-state index contributed by atoms with van der Waals surface area (Å²) in [6.07, 6.45) is 3.63. The van der Waals surface area contributed by atoms with Crippen molar-refractivity contribution in [1.82, 2.24) is 4.90 Å². The number of benzene rings is 1. The zero-order chi connectivity index (χ0) is 16.2. The first-order chi connectivity index (χ1) is 10.3. The van der Waals surface area contributed by atoms with E-state index in [1.807, 2.05) is 18.0 Å². The Kier molecular flexibility index (Phi) is 5.22. The van der Waals surface area contributed by atoms with E-state index >= 15 is 0 Å². The SMILES string of the molecule is CN(CCS(=O)(=O)c1cccc(C#N)c1)CC1(O)CCCC1. The van der Waals surface area contributed by atoms with Crippen LogP contribution in [0.4, 0.5) is 0 Å². The molecule has 5 nitrogen and oxygen atoms in total. The maximum Gasteiger partial charge on any atom is 0.179 e. The Morgan fingerprint density at radius 1 is 1.36 bits per heavy atom. The summed E-state index contributed by atoms with van der Waals surface area (Å²) in [7, 11) is -1.58. The van der Waals surface area contributed by atoms with Crippen LogP contribution in [-0.4, -0.2) is 49.9 Å². The lowest BCUT2D eigenvalue weighted by Crippen LogP contribution is -2.40. The first kappa shape index (κ1) is 16.9. The van der Waals surface area contributed by atoms with Crippen LogP contribution in [-0.2, 0) is 9.84 Å². The minimum absolute atomic E-state index is 0.0194. The zero-order valence-corrected chi connectivity index (χ0v) is 13.6. The first-order valence-electron chi connectivity index (χ1n) is 7.49. The van der Waals surface area contributed by atoms with Crippen molar-refractivity contribution in [3.05, 3.63) is 29.8 Å². The number of nitriles is 1. The molecule has 1 N–H and O–H groups in total. The molecule has 0 radical (unpaired) electrons. The normalized spacial score (nSPS) is 17.5. The molecule has 22 heavy (non-hydrogen) atoms. The minimum atomic E-state index is -3.42. The van der Waals surface area contributed by atoms with Crippen molar-refractivity contribution in [2.24, 2.45) is 0 Å². The van der Waals surface area contributed by atoms with Crippen molar-refractivity contribution in [2.75, 3.05) is 25.9 Å². The topological polar surface area (TPSA) is 81.4 Å². The molecule has 1 saturated carbocycles. The molecule has 6 heteroatoms. The molecule has 1 aromatic rings. The van der Waals surface area contributed by atoms with E-state index in [0.717, 1.165) is 25.7 Å². The summed E-state index contributed by atoms with van der Waals surface area (Å²) in [5.74, 6) is -0.0194. The second-order valence-electron chi connectivity index (χ2n) is 6.13. The molecular weight excluding hydrogens is 300 g/mol. The monoisotopic (exact) mass is 322 g/mol. The largest absolute Gasteiger partial charge is 0.389 e. The van der Waals surface area contributed by atoms with E-state index in [1.165, 1.54) is 12.1 Å². The van der Waals surface area contributed by atoms with Crippen molar-refractivity contribution in [3.8, 4) is 6.07 Å². The Bertz CT molecular complexity index is 658. The standard InChI is InChI=1S/C16H22N2O3S/c1-18(13-16(19)7-2-3-8-16)9-10-22(20,21)15-6-4-5-14(11-15)12-17/h4-6,11,19H,2-3,7-10,13H2,1H3. The molecule has 0 unspecified atom stereocenters. The Labute approximate surface area is 132 Å². The summed E-state index contributed by atoms with van der Waals surface area (Å²) in [6, 6.07) is 8.03. The number of nitrogens with zero attached hydrogens (tertiary/aromatic N) is 2. The third-order valence-corrected chi connectivity index (χ3v) is 5.85. The Balaban J connectivity index is 1.96. The first-order valence-corrected chi connectivity index (χ1v) is 9.14. The van der Waals surface area contributed by atoms with E-state index in [4.69, 9.17) is 5.26 Å². The molecule has 0 saturated heterocycles. The highest BCUT2D eigenvalue weighted by atomic mass is 32.2. The molecule has 0 atom stereocenters. The van der Waals surface area contributed by atoms with Crippen molar-refractivity contribution in [2.45, 2.75) is 36.2 Å². The van der Waals surface area contributed by atoms with E-state index in [1.54, 1.807) is 12.1 Å². The minimum Gasteiger partial charge on any atom is -0.389 e. The van der Waals surface area contributed by atoms with Crippen LogP contribution >= 0.6 is 0 Å². The maximum absolute atomic E-state index is 12.3. The molecule has 1 fully saturated rings. The van der Waals surface area contributed by atoms with Crippen LogP contribution in [0.1, 0.15) is 31.2 Å². The van der Waals surface area contributed by atoms with Gasteiger partial charge in [0.2, 0.25) is 0 Å². The summed E-state index contributed by atoms with van der Waals surface area (Å²) in [5, 5.41) is 19.2. The zero-order valence-electron chi connectivity index (χ0n) is 12.8. The van der Waals surface area contributed by atoms with Gasteiger partial charge in [-0.2, -0.15) is 5.26 Å². The van der Waals surface area contributed by atoms with Crippen LogP contribution in [0.15, 0.2) is 29.2 Å². The van der Waals surface area contributed by atoms with Crippen LogP contribution in [0, 0.1) is 11.3 Å². The van der Waals surface area contributed by atoms with Gasteiger partial charge in [0, 0.05) is 13.1 Å². The van der Waals surface area contributed by atoms with Gasteiger partial charge >= 0.3 is 0 Å². The van der Waals surface area contributed by atoms with Crippen LogP contribution in [0.25, 0.3) is 0 Å². The molecular formula is C16H22N2O3S. The summed E-state index contributed by atoms with van der Waals surface area (Å²) >= 11 is 0. The van der Waals surface area contributed by atoms with Crippen LogP contribution in [0.3, 0.4) is 0 Å². The highest BCUT2D eigenvalue weighted by Crippen LogP contribution is 2.29. The van der Waals surface area contributed by atoms with Gasteiger partial charge in [-0.05, 0) is 38.1 Å². The van der Waals surface area contributed by atoms with Gasteiger partial charge in [0.25, 0.3) is 0 Å². The average molecular weight is 322 g/mol. The molecule has 1 aliphatic carbocycles.